The Morgan fingerprint density at radius 2 is 1.59 bits per heavy atom. The van der Waals surface area contributed by atoms with E-state index in [1.165, 1.54) is 12.1 Å². The van der Waals surface area contributed by atoms with Gasteiger partial charge in [-0.25, -0.2) is 0 Å². The monoisotopic (exact) mass is 442 g/mol. The summed E-state index contributed by atoms with van der Waals surface area (Å²) in [5.74, 6) is -0.221. The molecule has 3 nitrogen and oxygen atoms in total. The Kier molecular flexibility index (Phi) is 9.18. The number of nitrogens with zero attached hydrogens (tertiary/aromatic N) is 1. The molecule has 3 rings (SSSR count). The first kappa shape index (κ1) is 23.9. The van der Waals surface area contributed by atoms with E-state index in [0.717, 1.165) is 37.3 Å². The smallest absolute Gasteiger partial charge is 0.406 e. The molecule has 1 atom stereocenters. The number of alkyl halides is 3. The van der Waals surface area contributed by atoms with E-state index in [1.54, 1.807) is 18.2 Å². The average Bonchev–Trinajstić information content (AvgIpc) is 2.56. The highest BCUT2D eigenvalue weighted by Crippen LogP contribution is 2.32. The van der Waals surface area contributed by atoms with Crippen LogP contribution in [0, 0.1) is 0 Å². The standard InChI is InChI=1S/C18H18ClF3N2O.2ClH/c19-15-3-1-2-14(12-15)17(24-10-8-23-9-11-24)13-4-6-16(7-5-13)25-18(20,21)22;;/h1-7,12,17,23H,8-11H2;2*1H/t17-;;/m1../s1. The summed E-state index contributed by atoms with van der Waals surface area (Å²) >= 11 is 6.14. The van der Waals surface area contributed by atoms with Crippen molar-refractivity contribution in [2.24, 2.45) is 0 Å². The fraction of sp³-hybridized carbons (Fsp3) is 0.333. The van der Waals surface area contributed by atoms with Crippen LogP contribution in [-0.2, 0) is 0 Å². The highest BCUT2D eigenvalue weighted by Gasteiger charge is 2.31. The maximum atomic E-state index is 12.3. The fourth-order valence-electron chi connectivity index (χ4n) is 3.08. The van der Waals surface area contributed by atoms with E-state index in [2.05, 4.69) is 15.0 Å². The van der Waals surface area contributed by atoms with Crippen LogP contribution < -0.4 is 10.1 Å². The highest BCUT2D eigenvalue weighted by molar-refractivity contribution is 6.30. The highest BCUT2D eigenvalue weighted by atomic mass is 35.5. The Hall–Kier alpha value is -1.18. The van der Waals surface area contributed by atoms with Gasteiger partial charge >= 0.3 is 6.36 Å². The minimum Gasteiger partial charge on any atom is -0.406 e. The van der Waals surface area contributed by atoms with E-state index in [1.807, 2.05) is 18.2 Å². The lowest BCUT2D eigenvalue weighted by molar-refractivity contribution is -0.274. The zero-order valence-electron chi connectivity index (χ0n) is 14.2. The molecule has 0 unspecified atom stereocenters. The largest absolute Gasteiger partial charge is 0.573 e. The zero-order chi connectivity index (χ0) is 17.9. The van der Waals surface area contributed by atoms with Crippen molar-refractivity contribution in [1.82, 2.24) is 10.2 Å². The minimum absolute atomic E-state index is 0. The number of nitrogens with one attached hydrogen (secondary N) is 1. The molecule has 0 aromatic heterocycles. The summed E-state index contributed by atoms with van der Waals surface area (Å²) in [7, 11) is 0. The van der Waals surface area contributed by atoms with Crippen LogP contribution in [0.3, 0.4) is 0 Å². The van der Waals surface area contributed by atoms with Crippen LogP contribution in [0.5, 0.6) is 5.75 Å². The van der Waals surface area contributed by atoms with Crippen LogP contribution in [0.15, 0.2) is 48.5 Å². The molecule has 2 aromatic carbocycles. The first-order valence-electron chi connectivity index (χ1n) is 7.98. The lowest BCUT2D eigenvalue weighted by atomic mass is 9.96. The van der Waals surface area contributed by atoms with E-state index < -0.39 is 6.36 Å². The van der Waals surface area contributed by atoms with Gasteiger partial charge in [-0.3, -0.25) is 4.90 Å². The molecule has 2 aromatic rings. The van der Waals surface area contributed by atoms with Crippen molar-refractivity contribution in [3.8, 4) is 5.75 Å². The van der Waals surface area contributed by atoms with Gasteiger partial charge in [0.15, 0.2) is 0 Å². The molecule has 0 radical (unpaired) electrons. The van der Waals surface area contributed by atoms with Crippen molar-refractivity contribution in [3.05, 3.63) is 64.7 Å². The molecule has 0 saturated carbocycles. The summed E-state index contributed by atoms with van der Waals surface area (Å²) in [5.41, 5.74) is 1.91. The van der Waals surface area contributed by atoms with Gasteiger partial charge in [0.2, 0.25) is 0 Å². The molecule has 1 N–H and O–H groups in total. The van der Waals surface area contributed by atoms with Crippen LogP contribution in [-0.4, -0.2) is 37.4 Å². The maximum Gasteiger partial charge on any atom is 0.573 e. The Morgan fingerprint density at radius 3 is 2.15 bits per heavy atom. The molecular formula is C18H20Cl3F3N2O. The normalized spacial score (nSPS) is 16.0. The van der Waals surface area contributed by atoms with Gasteiger partial charge in [-0.05, 0) is 35.4 Å². The Balaban J connectivity index is 0.00000182. The summed E-state index contributed by atoms with van der Waals surface area (Å²) in [4.78, 5) is 2.29. The average molecular weight is 444 g/mol. The third-order valence-electron chi connectivity index (χ3n) is 4.11. The summed E-state index contributed by atoms with van der Waals surface area (Å²) in [6, 6.07) is 13.6. The van der Waals surface area contributed by atoms with Gasteiger partial charge in [-0.15, -0.1) is 38.0 Å². The van der Waals surface area contributed by atoms with Crippen LogP contribution in [0.1, 0.15) is 17.2 Å². The lowest BCUT2D eigenvalue weighted by Crippen LogP contribution is -2.45. The molecule has 0 amide bonds. The van der Waals surface area contributed by atoms with Gasteiger partial charge in [-0.2, -0.15) is 0 Å². The molecule has 1 heterocycles. The zero-order valence-corrected chi connectivity index (χ0v) is 16.6. The molecular weight excluding hydrogens is 424 g/mol. The van der Waals surface area contributed by atoms with Crippen LogP contribution in [0.25, 0.3) is 0 Å². The predicted octanol–water partition coefficient (Wildman–Crippen LogP) is 5.08. The molecule has 1 fully saturated rings. The Bertz CT molecular complexity index is 708. The number of piperazine rings is 1. The predicted molar refractivity (Wildman–Crippen MR) is 105 cm³/mol. The van der Waals surface area contributed by atoms with Crippen molar-refractivity contribution in [3.63, 3.8) is 0 Å². The van der Waals surface area contributed by atoms with E-state index in [0.29, 0.717) is 5.02 Å². The second kappa shape index (κ2) is 10.4. The maximum absolute atomic E-state index is 12.3. The molecule has 0 bridgehead atoms. The molecule has 0 spiro atoms. The summed E-state index contributed by atoms with van der Waals surface area (Å²) < 4.78 is 41.0. The third kappa shape index (κ3) is 6.73. The Morgan fingerprint density at radius 1 is 0.963 bits per heavy atom. The first-order chi connectivity index (χ1) is 11.9. The summed E-state index contributed by atoms with van der Waals surface area (Å²) in [6.07, 6.45) is -4.69. The van der Waals surface area contributed by atoms with Gasteiger partial charge in [-0.1, -0.05) is 35.9 Å². The van der Waals surface area contributed by atoms with Gasteiger partial charge in [0, 0.05) is 31.2 Å². The van der Waals surface area contributed by atoms with Gasteiger partial charge in [0.25, 0.3) is 0 Å². The topological polar surface area (TPSA) is 24.5 Å². The molecule has 27 heavy (non-hydrogen) atoms. The number of rotatable bonds is 4. The fourth-order valence-corrected chi connectivity index (χ4v) is 3.28. The quantitative estimate of drug-likeness (QED) is 0.713. The van der Waals surface area contributed by atoms with Gasteiger partial charge in [0.05, 0.1) is 6.04 Å². The second-order valence-corrected chi connectivity index (χ2v) is 6.30. The summed E-state index contributed by atoms with van der Waals surface area (Å²) in [5, 5.41) is 3.94. The lowest BCUT2D eigenvalue weighted by Gasteiger charge is -2.35. The SMILES string of the molecule is Cl.Cl.FC(F)(F)Oc1ccc([C@H](c2cccc(Cl)c2)N2CCNCC2)cc1. The molecule has 0 aliphatic carbocycles. The second-order valence-electron chi connectivity index (χ2n) is 5.86. The van der Waals surface area contributed by atoms with E-state index in [9.17, 15) is 13.2 Å². The van der Waals surface area contributed by atoms with E-state index in [-0.39, 0.29) is 36.6 Å². The van der Waals surface area contributed by atoms with Gasteiger partial charge < -0.3 is 10.1 Å². The first-order valence-corrected chi connectivity index (χ1v) is 8.36. The number of hydrogen-bond donors (Lipinski definition) is 1. The molecule has 9 heteroatoms. The van der Waals surface area contributed by atoms with Crippen LogP contribution in [0.4, 0.5) is 13.2 Å². The van der Waals surface area contributed by atoms with E-state index in [4.69, 9.17) is 11.6 Å². The van der Waals surface area contributed by atoms with Crippen molar-refractivity contribution < 1.29 is 17.9 Å². The molecule has 1 saturated heterocycles. The third-order valence-corrected chi connectivity index (χ3v) is 4.35. The summed E-state index contributed by atoms with van der Waals surface area (Å²) in [6.45, 7) is 3.43. The number of halogens is 6. The van der Waals surface area contributed by atoms with Crippen molar-refractivity contribution >= 4 is 36.4 Å². The number of benzene rings is 2. The van der Waals surface area contributed by atoms with Crippen LogP contribution in [0.2, 0.25) is 5.02 Å². The number of ether oxygens (including phenoxy) is 1. The molecule has 150 valence electrons. The van der Waals surface area contributed by atoms with Crippen molar-refractivity contribution in [2.75, 3.05) is 26.2 Å². The minimum atomic E-state index is -4.69. The van der Waals surface area contributed by atoms with E-state index >= 15 is 0 Å². The molecule has 1 aliphatic rings. The van der Waals surface area contributed by atoms with Crippen molar-refractivity contribution in [2.45, 2.75) is 12.4 Å². The number of hydrogen-bond acceptors (Lipinski definition) is 3. The molecule has 1 aliphatic heterocycles. The van der Waals surface area contributed by atoms with Crippen molar-refractivity contribution in [1.29, 1.82) is 0 Å². The van der Waals surface area contributed by atoms with Gasteiger partial charge in [0.1, 0.15) is 5.75 Å². The van der Waals surface area contributed by atoms with Crippen LogP contribution >= 0.6 is 36.4 Å². The Labute approximate surface area is 173 Å².